The van der Waals surface area contributed by atoms with E-state index in [1.807, 2.05) is 0 Å². The summed E-state index contributed by atoms with van der Waals surface area (Å²) < 4.78 is 0. The summed E-state index contributed by atoms with van der Waals surface area (Å²) in [5, 5.41) is 7.47. The van der Waals surface area contributed by atoms with Crippen LogP contribution in [0.4, 0.5) is 0 Å². The van der Waals surface area contributed by atoms with Gasteiger partial charge in [0.25, 0.3) is 0 Å². The molecule has 0 aliphatic carbocycles. The summed E-state index contributed by atoms with van der Waals surface area (Å²) in [6.45, 7) is 1.43. The average Bonchev–Trinajstić information content (AvgIpc) is 2.01. The molecule has 3 heteroatoms. The van der Waals surface area contributed by atoms with Crippen molar-refractivity contribution < 1.29 is 0 Å². The molecule has 0 radical (unpaired) electrons. The molecule has 5 N–H and O–H groups in total. The smallest absolute Gasteiger partial charge is 0.00896 e. The molecule has 3 nitrogen and oxygen atoms in total. The summed E-state index contributed by atoms with van der Waals surface area (Å²) in [7, 11) is 0. The number of hydrogen-bond donors (Lipinski definition) is 3. The van der Waals surface area contributed by atoms with Crippen LogP contribution in [-0.4, -0.2) is 18.8 Å². The van der Waals surface area contributed by atoms with Crippen molar-refractivity contribution in [2.75, 3.05) is 13.1 Å². The van der Waals surface area contributed by atoms with Gasteiger partial charge in [-0.1, -0.05) is 0 Å². The van der Waals surface area contributed by atoms with Crippen molar-refractivity contribution in [3.63, 3.8) is 0 Å². The molecule has 0 amide bonds. The fourth-order valence-corrected chi connectivity index (χ4v) is 0.923. The highest BCUT2D eigenvalue weighted by atomic mass is 14.5. The number of hydrogen-bond acceptors (Lipinski definition) is 3. The van der Waals surface area contributed by atoms with Gasteiger partial charge in [-0.15, -0.1) is 0 Å². The molecule has 0 aliphatic heterocycles. The van der Waals surface area contributed by atoms with Gasteiger partial charge in [0.05, 0.1) is 0 Å². The number of nitrogens with one attached hydrogen (secondary N) is 1. The highest BCUT2D eigenvalue weighted by molar-refractivity contribution is 5.81. The molecule has 0 saturated carbocycles. The molecule has 66 valence electrons. The van der Waals surface area contributed by atoms with E-state index in [2.05, 4.69) is 0 Å². The van der Waals surface area contributed by atoms with E-state index in [1.165, 1.54) is 0 Å². The summed E-state index contributed by atoms with van der Waals surface area (Å²) >= 11 is 0. The van der Waals surface area contributed by atoms with Gasteiger partial charge < -0.3 is 16.9 Å². The number of nitrogens with two attached hydrogens (primary N) is 2. The number of unbranched alkanes of at least 4 members (excludes halogenated alkanes) is 1. The van der Waals surface area contributed by atoms with Crippen LogP contribution < -0.4 is 11.5 Å². The van der Waals surface area contributed by atoms with Gasteiger partial charge in [0.2, 0.25) is 0 Å². The second kappa shape index (κ2) is 7.69. The molecule has 0 saturated heterocycles. The van der Waals surface area contributed by atoms with Crippen LogP contribution in [0.2, 0.25) is 0 Å². The van der Waals surface area contributed by atoms with E-state index in [1.54, 1.807) is 0 Å². The lowest BCUT2D eigenvalue weighted by Gasteiger charge is -2.01. The van der Waals surface area contributed by atoms with Crippen LogP contribution in [0.5, 0.6) is 0 Å². The normalized spacial score (nSPS) is 10.0. The molecule has 0 atom stereocenters. The third-order valence-corrected chi connectivity index (χ3v) is 1.62. The van der Waals surface area contributed by atoms with Crippen molar-refractivity contribution in [1.29, 1.82) is 5.41 Å². The van der Waals surface area contributed by atoms with Crippen LogP contribution in [-0.2, 0) is 0 Å². The van der Waals surface area contributed by atoms with Crippen molar-refractivity contribution in [2.45, 2.75) is 32.1 Å². The first-order valence-corrected chi connectivity index (χ1v) is 4.27. The summed E-state index contributed by atoms with van der Waals surface area (Å²) in [5.41, 5.74) is 11.5. The molecule has 0 aliphatic rings. The Hall–Kier alpha value is -0.410. The first-order valence-electron chi connectivity index (χ1n) is 4.27. The lowest BCUT2D eigenvalue weighted by Crippen LogP contribution is -2.05. The Morgan fingerprint density at radius 3 is 2.00 bits per heavy atom. The molecule has 0 unspecified atom stereocenters. The highest BCUT2D eigenvalue weighted by Gasteiger charge is 1.95. The van der Waals surface area contributed by atoms with Crippen molar-refractivity contribution in [1.82, 2.24) is 0 Å². The van der Waals surface area contributed by atoms with Crippen molar-refractivity contribution in [3.8, 4) is 0 Å². The second-order valence-corrected chi connectivity index (χ2v) is 2.74. The molecule has 0 rings (SSSR count). The fourth-order valence-electron chi connectivity index (χ4n) is 0.923. The molecule has 0 bridgehead atoms. The summed E-state index contributed by atoms with van der Waals surface area (Å²) in [6.07, 6.45) is 4.80. The van der Waals surface area contributed by atoms with Gasteiger partial charge in [-0.25, -0.2) is 0 Å². The topological polar surface area (TPSA) is 75.9 Å². The summed E-state index contributed by atoms with van der Waals surface area (Å²) in [4.78, 5) is 0. The Morgan fingerprint density at radius 2 is 1.45 bits per heavy atom. The lowest BCUT2D eigenvalue weighted by molar-refractivity contribution is 0.755. The second-order valence-electron chi connectivity index (χ2n) is 2.74. The quantitative estimate of drug-likeness (QED) is 0.379. The Labute approximate surface area is 68.7 Å². The van der Waals surface area contributed by atoms with E-state index in [4.69, 9.17) is 16.9 Å². The van der Waals surface area contributed by atoms with Crippen molar-refractivity contribution in [3.05, 3.63) is 0 Å². The summed E-state index contributed by atoms with van der Waals surface area (Å²) in [6, 6.07) is 0. The van der Waals surface area contributed by atoms with Gasteiger partial charge in [-0.05, 0) is 45.2 Å². The third-order valence-electron chi connectivity index (χ3n) is 1.62. The van der Waals surface area contributed by atoms with Crippen LogP contribution in [0.1, 0.15) is 32.1 Å². The monoisotopic (exact) mass is 157 g/mol. The standard InChI is InChI=1S/C8H19N3/c9-6-2-1-4-8(11)5-3-7-10/h11H,1-7,9-10H2. The number of rotatable bonds is 7. The molecular formula is C8H19N3. The van der Waals surface area contributed by atoms with Crippen LogP contribution in [0.15, 0.2) is 0 Å². The molecule has 0 aromatic heterocycles. The van der Waals surface area contributed by atoms with Gasteiger partial charge in [-0.2, -0.15) is 0 Å². The fraction of sp³-hybridized carbons (Fsp3) is 0.875. The SMILES string of the molecule is N=C(CCCN)CCCCN. The zero-order valence-corrected chi connectivity index (χ0v) is 7.10. The Bertz CT molecular complexity index is 102. The molecule has 0 fully saturated rings. The average molecular weight is 157 g/mol. The van der Waals surface area contributed by atoms with E-state index < -0.39 is 0 Å². The van der Waals surface area contributed by atoms with E-state index in [-0.39, 0.29) is 0 Å². The Balaban J connectivity index is 3.09. The van der Waals surface area contributed by atoms with Gasteiger partial charge in [0.15, 0.2) is 0 Å². The van der Waals surface area contributed by atoms with Gasteiger partial charge in [-0.3, -0.25) is 0 Å². The largest absolute Gasteiger partial charge is 0.330 e. The van der Waals surface area contributed by atoms with Crippen LogP contribution in [0.3, 0.4) is 0 Å². The predicted octanol–water partition coefficient (Wildman–Crippen LogP) is 0.874. The predicted molar refractivity (Wildman–Crippen MR) is 48.9 cm³/mol. The van der Waals surface area contributed by atoms with Gasteiger partial charge in [0.1, 0.15) is 0 Å². The maximum absolute atomic E-state index is 7.47. The molecule has 0 spiro atoms. The molecule has 0 heterocycles. The van der Waals surface area contributed by atoms with E-state index >= 15 is 0 Å². The maximum Gasteiger partial charge on any atom is 0.00896 e. The summed E-state index contributed by atoms with van der Waals surface area (Å²) in [5.74, 6) is 0. The minimum atomic E-state index is 0.694. The first kappa shape index (κ1) is 10.6. The lowest BCUT2D eigenvalue weighted by atomic mass is 10.1. The van der Waals surface area contributed by atoms with Crippen LogP contribution >= 0.6 is 0 Å². The van der Waals surface area contributed by atoms with Crippen LogP contribution in [0.25, 0.3) is 0 Å². The molecule has 11 heavy (non-hydrogen) atoms. The van der Waals surface area contributed by atoms with Gasteiger partial charge >= 0.3 is 0 Å². The minimum Gasteiger partial charge on any atom is -0.330 e. The van der Waals surface area contributed by atoms with E-state index in [0.717, 1.165) is 44.4 Å². The van der Waals surface area contributed by atoms with E-state index in [0.29, 0.717) is 6.54 Å². The van der Waals surface area contributed by atoms with Gasteiger partial charge in [0, 0.05) is 5.71 Å². The highest BCUT2D eigenvalue weighted by Crippen LogP contribution is 2.00. The zero-order valence-electron chi connectivity index (χ0n) is 7.10. The molecule has 0 aromatic carbocycles. The zero-order chi connectivity index (χ0) is 8.53. The first-order chi connectivity index (χ1) is 5.31. The Kier molecular flexibility index (Phi) is 7.41. The Morgan fingerprint density at radius 1 is 0.909 bits per heavy atom. The maximum atomic E-state index is 7.47. The van der Waals surface area contributed by atoms with Crippen molar-refractivity contribution in [2.24, 2.45) is 11.5 Å². The third kappa shape index (κ3) is 7.49. The molecular weight excluding hydrogens is 138 g/mol. The van der Waals surface area contributed by atoms with E-state index in [9.17, 15) is 0 Å². The van der Waals surface area contributed by atoms with Crippen molar-refractivity contribution >= 4 is 5.71 Å². The molecule has 0 aromatic rings. The minimum absolute atomic E-state index is 0.694. The van der Waals surface area contributed by atoms with Crippen LogP contribution in [0, 0.1) is 5.41 Å².